The maximum Gasteiger partial charge on any atom is 0.321 e. The molecule has 0 N–H and O–H groups in total. The molecular weight excluding hydrogens is 278 g/mol. The van der Waals surface area contributed by atoms with Gasteiger partial charge in [-0.15, -0.1) is 0 Å². The Balaban J connectivity index is 1.94. The second-order valence-electron chi connectivity index (χ2n) is 4.80. The molecule has 1 aliphatic carbocycles. The molecule has 0 amide bonds. The van der Waals surface area contributed by atoms with Gasteiger partial charge < -0.3 is 9.26 Å². The van der Waals surface area contributed by atoms with Crippen molar-refractivity contribution in [2.45, 2.75) is 18.3 Å². The molecule has 0 spiro atoms. The summed E-state index contributed by atoms with van der Waals surface area (Å²) in [6.07, 6.45) is 1.19. The molecule has 1 aromatic carbocycles. The van der Waals surface area contributed by atoms with Gasteiger partial charge in [0.15, 0.2) is 0 Å². The van der Waals surface area contributed by atoms with Crippen molar-refractivity contribution in [3.05, 3.63) is 40.3 Å². The molecule has 1 heterocycles. The molecule has 0 aliphatic heterocycles. The molecule has 2 aromatic rings. The molecule has 0 saturated heterocycles. The third kappa shape index (κ3) is 2.14. The molecule has 1 aromatic heterocycles. The van der Waals surface area contributed by atoms with E-state index in [1.54, 1.807) is 6.07 Å². The lowest BCUT2D eigenvalue weighted by Gasteiger charge is -2.05. The number of hydrogen-bond acceptors (Lipinski definition) is 7. The monoisotopic (exact) mass is 289 g/mol. The molecule has 0 unspecified atom stereocenters. The van der Waals surface area contributed by atoms with Gasteiger partial charge in [-0.2, -0.15) is 4.98 Å². The fourth-order valence-corrected chi connectivity index (χ4v) is 2.12. The lowest BCUT2D eigenvalue weighted by atomic mass is 10.1. The molecule has 0 bridgehead atoms. The van der Waals surface area contributed by atoms with Crippen LogP contribution >= 0.6 is 0 Å². The topological polar surface area (TPSA) is 108 Å². The van der Waals surface area contributed by atoms with Gasteiger partial charge in [0.05, 0.1) is 12.0 Å². The van der Waals surface area contributed by atoms with E-state index in [0.717, 1.165) is 0 Å². The fourth-order valence-electron chi connectivity index (χ4n) is 2.12. The van der Waals surface area contributed by atoms with Crippen molar-refractivity contribution in [1.82, 2.24) is 10.1 Å². The Bertz CT molecular complexity index is 720. The van der Waals surface area contributed by atoms with Crippen LogP contribution in [0.5, 0.6) is 0 Å². The van der Waals surface area contributed by atoms with Crippen LogP contribution in [0.25, 0.3) is 11.4 Å². The van der Waals surface area contributed by atoms with E-state index in [9.17, 15) is 14.9 Å². The van der Waals surface area contributed by atoms with Crippen LogP contribution in [0, 0.1) is 10.1 Å². The van der Waals surface area contributed by atoms with Crippen molar-refractivity contribution in [2.24, 2.45) is 0 Å². The third-order valence-electron chi connectivity index (χ3n) is 3.48. The zero-order valence-electron chi connectivity index (χ0n) is 11.1. The summed E-state index contributed by atoms with van der Waals surface area (Å²) in [6, 6.07) is 5.91. The van der Waals surface area contributed by atoms with Crippen LogP contribution in [0.4, 0.5) is 5.69 Å². The average molecular weight is 289 g/mol. The Hall–Kier alpha value is -2.77. The molecule has 1 fully saturated rings. The number of benzene rings is 1. The number of nitrogens with zero attached hydrogens (tertiary/aromatic N) is 3. The van der Waals surface area contributed by atoms with Crippen molar-refractivity contribution < 1.29 is 19.0 Å². The zero-order valence-corrected chi connectivity index (χ0v) is 11.1. The van der Waals surface area contributed by atoms with Gasteiger partial charge in [0.2, 0.25) is 11.7 Å². The normalized spacial score (nSPS) is 15.5. The zero-order chi connectivity index (χ0) is 15.0. The van der Waals surface area contributed by atoms with Crippen molar-refractivity contribution in [2.75, 3.05) is 7.11 Å². The summed E-state index contributed by atoms with van der Waals surface area (Å²) in [6.45, 7) is 0. The van der Waals surface area contributed by atoms with Crippen LogP contribution in [0.15, 0.2) is 28.8 Å². The highest BCUT2D eigenvalue weighted by Crippen LogP contribution is 2.48. The quantitative estimate of drug-likeness (QED) is 0.480. The fraction of sp³-hybridized carbons (Fsp3) is 0.308. The molecule has 0 atom stereocenters. The number of aromatic nitrogens is 2. The van der Waals surface area contributed by atoms with Crippen molar-refractivity contribution in [3.8, 4) is 11.4 Å². The predicted octanol–water partition coefficient (Wildman–Crippen LogP) is 1.85. The minimum atomic E-state index is -0.847. The number of hydrogen-bond donors (Lipinski definition) is 0. The first-order valence-corrected chi connectivity index (χ1v) is 6.24. The van der Waals surface area contributed by atoms with Gasteiger partial charge in [0, 0.05) is 17.7 Å². The number of rotatable bonds is 4. The molecule has 8 heteroatoms. The van der Waals surface area contributed by atoms with Crippen molar-refractivity contribution in [1.29, 1.82) is 0 Å². The molecule has 1 aliphatic rings. The minimum absolute atomic E-state index is 0.0621. The second kappa shape index (κ2) is 4.65. The van der Waals surface area contributed by atoms with E-state index in [0.29, 0.717) is 18.4 Å². The number of nitro groups is 1. The Morgan fingerprint density at radius 1 is 1.48 bits per heavy atom. The van der Waals surface area contributed by atoms with E-state index in [2.05, 4.69) is 10.1 Å². The Morgan fingerprint density at radius 2 is 2.24 bits per heavy atom. The SMILES string of the molecule is COC(=O)C1(c2nc(-c3cccc([N+](=O)[O-])c3)no2)CC1. The molecular formula is C13H11N3O5. The van der Waals surface area contributed by atoms with Gasteiger partial charge in [-0.25, -0.2) is 0 Å². The highest BCUT2D eigenvalue weighted by molar-refractivity contribution is 5.85. The van der Waals surface area contributed by atoms with Crippen LogP contribution in [-0.2, 0) is 14.9 Å². The smallest absolute Gasteiger partial charge is 0.321 e. The van der Waals surface area contributed by atoms with E-state index >= 15 is 0 Å². The van der Waals surface area contributed by atoms with Crippen LogP contribution in [0.2, 0.25) is 0 Å². The van der Waals surface area contributed by atoms with Gasteiger partial charge in [-0.3, -0.25) is 14.9 Å². The van der Waals surface area contributed by atoms with E-state index in [4.69, 9.17) is 9.26 Å². The number of carbonyl (C=O) groups is 1. The van der Waals surface area contributed by atoms with E-state index in [1.807, 2.05) is 0 Å². The first-order valence-electron chi connectivity index (χ1n) is 6.24. The molecule has 8 nitrogen and oxygen atoms in total. The summed E-state index contributed by atoms with van der Waals surface area (Å²) >= 11 is 0. The Kier molecular flexibility index (Phi) is 2.93. The number of non-ortho nitro benzene ring substituents is 1. The Labute approximate surface area is 118 Å². The summed E-state index contributed by atoms with van der Waals surface area (Å²) in [7, 11) is 1.31. The predicted molar refractivity (Wildman–Crippen MR) is 69.3 cm³/mol. The van der Waals surface area contributed by atoms with E-state index in [1.165, 1.54) is 25.3 Å². The summed E-state index contributed by atoms with van der Waals surface area (Å²) in [5.74, 6) is -0.00326. The molecule has 108 valence electrons. The first kappa shape index (κ1) is 13.2. The minimum Gasteiger partial charge on any atom is -0.468 e. The third-order valence-corrected chi connectivity index (χ3v) is 3.48. The van der Waals surface area contributed by atoms with Gasteiger partial charge in [0.1, 0.15) is 5.41 Å². The molecule has 3 rings (SSSR count). The van der Waals surface area contributed by atoms with Gasteiger partial charge in [-0.1, -0.05) is 17.3 Å². The van der Waals surface area contributed by atoms with E-state index in [-0.39, 0.29) is 17.4 Å². The lowest BCUT2D eigenvalue weighted by molar-refractivity contribution is -0.384. The number of methoxy groups -OCH3 is 1. The standard InChI is InChI=1S/C13H11N3O5/c1-20-12(17)13(5-6-13)11-14-10(15-21-11)8-3-2-4-9(7-8)16(18)19/h2-4,7H,5-6H2,1H3. The molecule has 1 saturated carbocycles. The lowest BCUT2D eigenvalue weighted by Crippen LogP contribution is -2.22. The maximum atomic E-state index is 11.7. The largest absolute Gasteiger partial charge is 0.468 e. The van der Waals surface area contributed by atoms with Crippen LogP contribution < -0.4 is 0 Å². The number of nitro benzene ring substituents is 1. The van der Waals surface area contributed by atoms with Crippen LogP contribution in [-0.4, -0.2) is 28.1 Å². The second-order valence-corrected chi connectivity index (χ2v) is 4.80. The average Bonchev–Trinajstić information content (AvgIpc) is 3.16. The van der Waals surface area contributed by atoms with Crippen molar-refractivity contribution in [3.63, 3.8) is 0 Å². The summed E-state index contributed by atoms with van der Waals surface area (Å²) in [4.78, 5) is 26.2. The van der Waals surface area contributed by atoms with Gasteiger partial charge in [0.25, 0.3) is 5.69 Å². The van der Waals surface area contributed by atoms with Crippen molar-refractivity contribution >= 4 is 11.7 Å². The number of carbonyl (C=O) groups excluding carboxylic acids is 1. The number of esters is 1. The Morgan fingerprint density at radius 3 is 2.86 bits per heavy atom. The van der Waals surface area contributed by atoms with Crippen LogP contribution in [0.3, 0.4) is 0 Å². The first-order chi connectivity index (χ1) is 10.1. The summed E-state index contributed by atoms with van der Waals surface area (Å²) in [5.41, 5.74) is -0.450. The molecule has 0 radical (unpaired) electrons. The summed E-state index contributed by atoms with van der Waals surface area (Å²) < 4.78 is 9.88. The highest BCUT2D eigenvalue weighted by atomic mass is 16.6. The summed E-state index contributed by atoms with van der Waals surface area (Å²) in [5, 5.41) is 14.6. The molecule has 21 heavy (non-hydrogen) atoms. The van der Waals surface area contributed by atoms with E-state index < -0.39 is 16.3 Å². The number of ether oxygens (including phenoxy) is 1. The van der Waals surface area contributed by atoms with Gasteiger partial charge in [-0.05, 0) is 12.8 Å². The maximum absolute atomic E-state index is 11.7. The van der Waals surface area contributed by atoms with Gasteiger partial charge >= 0.3 is 5.97 Å². The van der Waals surface area contributed by atoms with Crippen LogP contribution in [0.1, 0.15) is 18.7 Å². The highest BCUT2D eigenvalue weighted by Gasteiger charge is 2.57.